The van der Waals surface area contributed by atoms with Crippen LogP contribution in [0.15, 0.2) is 255 Å². The van der Waals surface area contributed by atoms with E-state index in [0.717, 1.165) is 45.3 Å². The lowest BCUT2D eigenvalue weighted by Gasteiger charge is -2.26. The summed E-state index contributed by atoms with van der Waals surface area (Å²) in [4.78, 5) is 4.66. The van der Waals surface area contributed by atoms with E-state index >= 15 is 0 Å². The van der Waals surface area contributed by atoms with Gasteiger partial charge >= 0.3 is 0 Å². The van der Waals surface area contributed by atoms with E-state index in [0.29, 0.717) is 0 Å². The van der Waals surface area contributed by atoms with E-state index < -0.39 is 0 Å². The Bertz CT molecular complexity index is 2960. The molecule has 0 aliphatic rings. The second-order valence-corrected chi connectivity index (χ2v) is 15.0. The van der Waals surface area contributed by atoms with Gasteiger partial charge in [-0.05, 0) is 128 Å². The first-order valence-electron chi connectivity index (χ1n) is 20.5. The predicted molar refractivity (Wildman–Crippen MR) is 255 cm³/mol. The maximum atomic E-state index is 2.34. The van der Waals surface area contributed by atoms with Crippen molar-refractivity contribution in [3.05, 3.63) is 255 Å². The molecular formula is C58H42N2. The third-order valence-electron chi connectivity index (χ3n) is 11.3. The minimum absolute atomic E-state index is 1.09. The van der Waals surface area contributed by atoms with Gasteiger partial charge in [-0.15, -0.1) is 0 Å². The lowest BCUT2D eigenvalue weighted by atomic mass is 9.98. The van der Waals surface area contributed by atoms with Gasteiger partial charge in [0.15, 0.2) is 0 Å². The van der Waals surface area contributed by atoms with E-state index in [1.807, 2.05) is 0 Å². The maximum absolute atomic E-state index is 2.34. The van der Waals surface area contributed by atoms with Gasteiger partial charge in [-0.25, -0.2) is 0 Å². The normalized spacial score (nSPS) is 11.0. The zero-order chi connectivity index (χ0) is 40.1. The van der Waals surface area contributed by atoms with E-state index in [9.17, 15) is 0 Å². The molecule has 0 aliphatic heterocycles. The van der Waals surface area contributed by atoms with Crippen molar-refractivity contribution in [1.29, 1.82) is 0 Å². The maximum Gasteiger partial charge on any atom is 0.0462 e. The molecule has 2 nitrogen and oxygen atoms in total. The first-order valence-corrected chi connectivity index (χ1v) is 20.5. The number of fused-ring (bicyclic) bond motifs is 1. The van der Waals surface area contributed by atoms with Crippen LogP contribution in [-0.2, 0) is 0 Å². The molecule has 0 fully saturated rings. The van der Waals surface area contributed by atoms with Gasteiger partial charge in [0.25, 0.3) is 0 Å². The number of nitrogens with zero attached hydrogens (tertiary/aromatic N) is 2. The average molecular weight is 767 g/mol. The number of benzene rings is 10. The molecule has 284 valence electrons. The summed E-state index contributed by atoms with van der Waals surface area (Å²) < 4.78 is 0. The molecule has 10 aromatic rings. The summed E-state index contributed by atoms with van der Waals surface area (Å²) in [6.07, 6.45) is 0. The fourth-order valence-electron chi connectivity index (χ4n) is 8.21. The Kier molecular flexibility index (Phi) is 10.0. The van der Waals surface area contributed by atoms with Crippen molar-refractivity contribution in [3.63, 3.8) is 0 Å². The molecule has 0 heterocycles. The molecule has 0 bridgehead atoms. The monoisotopic (exact) mass is 766 g/mol. The summed E-state index contributed by atoms with van der Waals surface area (Å²) in [7, 11) is 0. The minimum Gasteiger partial charge on any atom is -0.311 e. The molecular weight excluding hydrogens is 725 g/mol. The van der Waals surface area contributed by atoms with Gasteiger partial charge in [-0.1, -0.05) is 182 Å². The molecule has 0 aliphatic carbocycles. The van der Waals surface area contributed by atoms with Gasteiger partial charge in [0.05, 0.1) is 0 Å². The first kappa shape index (κ1) is 36.4. The minimum atomic E-state index is 1.09. The van der Waals surface area contributed by atoms with E-state index in [1.165, 1.54) is 44.2 Å². The highest BCUT2D eigenvalue weighted by Gasteiger charge is 2.16. The highest BCUT2D eigenvalue weighted by Crippen LogP contribution is 2.40. The topological polar surface area (TPSA) is 6.48 Å². The Morgan fingerprint density at radius 1 is 0.183 bits per heavy atom. The van der Waals surface area contributed by atoms with Crippen LogP contribution in [0.3, 0.4) is 0 Å². The molecule has 0 N–H and O–H groups in total. The lowest BCUT2D eigenvalue weighted by Crippen LogP contribution is -2.10. The molecule has 0 saturated carbocycles. The number of hydrogen-bond acceptors (Lipinski definition) is 2. The van der Waals surface area contributed by atoms with Crippen LogP contribution < -0.4 is 9.80 Å². The molecule has 10 aromatic carbocycles. The van der Waals surface area contributed by atoms with Gasteiger partial charge in [0, 0.05) is 34.1 Å². The van der Waals surface area contributed by atoms with E-state index in [2.05, 4.69) is 265 Å². The summed E-state index contributed by atoms with van der Waals surface area (Å²) >= 11 is 0. The number of anilines is 6. The summed E-state index contributed by atoms with van der Waals surface area (Å²) in [5.74, 6) is 0. The molecule has 0 atom stereocenters. The average Bonchev–Trinajstić information content (AvgIpc) is 3.34. The number of para-hydroxylation sites is 1. The molecule has 0 saturated heterocycles. The molecule has 2 heteroatoms. The zero-order valence-electron chi connectivity index (χ0n) is 33.1. The van der Waals surface area contributed by atoms with Crippen LogP contribution in [0.2, 0.25) is 0 Å². The van der Waals surface area contributed by atoms with E-state index in [-0.39, 0.29) is 0 Å². The summed E-state index contributed by atoms with van der Waals surface area (Å²) in [5, 5.41) is 2.51. The number of rotatable bonds is 10. The van der Waals surface area contributed by atoms with Crippen molar-refractivity contribution in [2.45, 2.75) is 0 Å². The Balaban J connectivity index is 0.962. The fraction of sp³-hybridized carbons (Fsp3) is 0. The largest absolute Gasteiger partial charge is 0.311 e. The van der Waals surface area contributed by atoms with Gasteiger partial charge in [0.2, 0.25) is 0 Å². The van der Waals surface area contributed by atoms with Gasteiger partial charge in [-0.2, -0.15) is 0 Å². The second kappa shape index (κ2) is 16.5. The van der Waals surface area contributed by atoms with Gasteiger partial charge in [0.1, 0.15) is 0 Å². The predicted octanol–water partition coefficient (Wildman–Crippen LogP) is 16.4. The molecule has 0 amide bonds. The number of hydrogen-bond donors (Lipinski definition) is 0. The summed E-state index contributed by atoms with van der Waals surface area (Å²) in [5.41, 5.74) is 16.2. The Hall–Kier alpha value is -7.94. The van der Waals surface area contributed by atoms with Crippen LogP contribution in [0, 0.1) is 0 Å². The molecule has 0 radical (unpaired) electrons. The standard InChI is InChI=1S/C58H42N2/c1-4-13-43(14-5-1)45-23-33-52(34-24-45)59(51-19-8-3-9-20-51)53-37-27-47(28-38-53)48-29-39-55(40-30-48)60(54-35-25-46(26-36-54)44-15-6-2-7-16-44)56-41-31-50(32-42-56)58-22-12-18-49-17-10-11-21-57(49)58/h1-42H. The Labute approximate surface area is 352 Å². The fourth-order valence-corrected chi connectivity index (χ4v) is 8.21. The van der Waals surface area contributed by atoms with Crippen molar-refractivity contribution < 1.29 is 0 Å². The molecule has 10 rings (SSSR count). The SMILES string of the molecule is c1ccc(-c2ccc(N(c3ccccc3)c3ccc(-c4ccc(N(c5ccc(-c6ccccc6)cc5)c5ccc(-c6cccc7ccccc67)cc5)cc4)cc3)cc2)cc1. The second-order valence-electron chi connectivity index (χ2n) is 15.0. The van der Waals surface area contributed by atoms with Crippen LogP contribution in [-0.4, -0.2) is 0 Å². The van der Waals surface area contributed by atoms with Crippen molar-refractivity contribution >= 4 is 44.9 Å². The van der Waals surface area contributed by atoms with E-state index in [4.69, 9.17) is 0 Å². The van der Waals surface area contributed by atoms with Crippen molar-refractivity contribution in [2.24, 2.45) is 0 Å². The van der Waals surface area contributed by atoms with Crippen molar-refractivity contribution in [3.8, 4) is 44.5 Å². The Morgan fingerprint density at radius 2 is 0.467 bits per heavy atom. The Morgan fingerprint density at radius 3 is 0.867 bits per heavy atom. The van der Waals surface area contributed by atoms with Crippen molar-refractivity contribution in [2.75, 3.05) is 9.80 Å². The zero-order valence-corrected chi connectivity index (χ0v) is 33.1. The lowest BCUT2D eigenvalue weighted by molar-refractivity contribution is 1.28. The third-order valence-corrected chi connectivity index (χ3v) is 11.3. The molecule has 60 heavy (non-hydrogen) atoms. The molecule has 0 spiro atoms. The van der Waals surface area contributed by atoms with Crippen LogP contribution in [0.5, 0.6) is 0 Å². The molecule has 0 unspecified atom stereocenters. The first-order chi connectivity index (χ1) is 29.7. The van der Waals surface area contributed by atoms with Gasteiger partial charge in [-0.3, -0.25) is 0 Å². The van der Waals surface area contributed by atoms with Crippen molar-refractivity contribution in [1.82, 2.24) is 0 Å². The summed E-state index contributed by atoms with van der Waals surface area (Å²) in [6, 6.07) is 91.3. The van der Waals surface area contributed by atoms with E-state index in [1.54, 1.807) is 0 Å². The third kappa shape index (κ3) is 7.46. The van der Waals surface area contributed by atoms with Crippen LogP contribution in [0.1, 0.15) is 0 Å². The quantitative estimate of drug-likeness (QED) is 0.137. The molecule has 0 aromatic heterocycles. The van der Waals surface area contributed by atoms with Crippen LogP contribution in [0.25, 0.3) is 55.3 Å². The highest BCUT2D eigenvalue weighted by atomic mass is 15.1. The van der Waals surface area contributed by atoms with Crippen LogP contribution >= 0.6 is 0 Å². The highest BCUT2D eigenvalue weighted by molar-refractivity contribution is 5.97. The summed E-state index contributed by atoms with van der Waals surface area (Å²) in [6.45, 7) is 0. The smallest absolute Gasteiger partial charge is 0.0462 e. The van der Waals surface area contributed by atoms with Crippen LogP contribution in [0.4, 0.5) is 34.1 Å². The van der Waals surface area contributed by atoms with Gasteiger partial charge < -0.3 is 9.80 Å².